The maximum atomic E-state index is 2.78. The second-order valence-electron chi connectivity index (χ2n) is 25.4. The van der Waals surface area contributed by atoms with Crippen LogP contribution in [-0.4, -0.2) is 15.9 Å². The molecule has 2 aromatic heterocycles. The lowest BCUT2D eigenvalue weighted by molar-refractivity contribution is 0.590. The largest absolute Gasteiger partial charge is 0.375 e. The molecular formula is C75H67BN2. The van der Waals surface area contributed by atoms with Gasteiger partial charge in [0.1, 0.15) is 0 Å². The van der Waals surface area contributed by atoms with Crippen molar-refractivity contribution in [3.63, 3.8) is 0 Å². The number of nitrogens with zero attached hydrogens (tertiary/aromatic N) is 2. The van der Waals surface area contributed by atoms with Gasteiger partial charge in [-0.25, -0.2) is 0 Å². The van der Waals surface area contributed by atoms with Crippen LogP contribution < -0.4 is 10.9 Å². The normalized spacial score (nSPS) is 12.9. The lowest BCUT2D eigenvalue weighted by atomic mass is 9.45. The molecule has 3 heteroatoms. The van der Waals surface area contributed by atoms with E-state index in [4.69, 9.17) is 0 Å². The van der Waals surface area contributed by atoms with E-state index in [1.807, 2.05) is 0 Å². The minimum absolute atomic E-state index is 0.0215. The Morgan fingerprint density at radius 2 is 0.872 bits per heavy atom. The van der Waals surface area contributed by atoms with Crippen molar-refractivity contribution in [3.8, 4) is 72.4 Å². The topological polar surface area (TPSA) is 9.86 Å². The SMILES string of the molecule is Cc1cc(C)c(-c2ccc3c(c2)c2cc(-c4c(C)cc(C)cc4C)cc4c2n3-c2cc(-c3cc(-c5ccccc5)cc(-c5ccccc5)c3)c(C)c3c2B4n2c4ccc(C(C)(C)C)cc4c4cc(C(C)(C)C)cc-3c42)c(C)c1. The quantitative estimate of drug-likeness (QED) is 0.152. The molecule has 12 aromatic rings. The van der Waals surface area contributed by atoms with Gasteiger partial charge in [-0.2, -0.15) is 0 Å². The number of aryl methyl sites for hydroxylation is 6. The molecule has 0 amide bonds. The summed E-state index contributed by atoms with van der Waals surface area (Å²) in [6, 6.07) is 66.2. The van der Waals surface area contributed by atoms with Crippen molar-refractivity contribution >= 4 is 61.4 Å². The summed E-state index contributed by atoms with van der Waals surface area (Å²) >= 11 is 0. The molecular weight excluding hydrogens is 940 g/mol. The summed E-state index contributed by atoms with van der Waals surface area (Å²) in [5.41, 5.74) is 36.1. The van der Waals surface area contributed by atoms with Gasteiger partial charge in [0.2, 0.25) is 0 Å². The van der Waals surface area contributed by atoms with Crippen LogP contribution in [0.15, 0.2) is 170 Å². The fraction of sp³-hybridized carbons (Fsp3) is 0.200. The molecule has 0 fully saturated rings. The average molecular weight is 1010 g/mol. The zero-order chi connectivity index (χ0) is 54.0. The second kappa shape index (κ2) is 16.9. The molecule has 10 aromatic carbocycles. The molecule has 0 spiro atoms. The molecule has 2 nitrogen and oxygen atoms in total. The van der Waals surface area contributed by atoms with Gasteiger partial charge in [0, 0.05) is 43.8 Å². The van der Waals surface area contributed by atoms with Gasteiger partial charge < -0.3 is 9.05 Å². The molecule has 0 saturated carbocycles. The van der Waals surface area contributed by atoms with Crippen LogP contribution >= 0.6 is 0 Å². The lowest BCUT2D eigenvalue weighted by Gasteiger charge is -2.36. The summed E-state index contributed by atoms with van der Waals surface area (Å²) in [4.78, 5) is 0. The Morgan fingerprint density at radius 3 is 1.46 bits per heavy atom. The van der Waals surface area contributed by atoms with Crippen LogP contribution in [0.25, 0.3) is 116 Å². The van der Waals surface area contributed by atoms with E-state index in [1.165, 1.54) is 177 Å². The van der Waals surface area contributed by atoms with Gasteiger partial charge in [0.15, 0.2) is 0 Å². The van der Waals surface area contributed by atoms with Crippen molar-refractivity contribution in [1.82, 2.24) is 9.05 Å². The van der Waals surface area contributed by atoms with Crippen LogP contribution in [0.2, 0.25) is 0 Å². The first-order chi connectivity index (χ1) is 37.3. The van der Waals surface area contributed by atoms with E-state index in [0.29, 0.717) is 0 Å². The maximum Gasteiger partial charge on any atom is 0.333 e. The molecule has 14 rings (SSSR count). The van der Waals surface area contributed by atoms with Crippen LogP contribution in [0.1, 0.15) is 91.6 Å². The molecule has 0 unspecified atom stereocenters. The minimum atomic E-state index is -0.113. The monoisotopic (exact) mass is 1010 g/mol. The molecule has 2 aliphatic rings. The van der Waals surface area contributed by atoms with Gasteiger partial charge >= 0.3 is 6.85 Å². The van der Waals surface area contributed by atoms with Crippen LogP contribution in [-0.2, 0) is 10.8 Å². The minimum Gasteiger partial charge on any atom is -0.375 e. The molecule has 0 bridgehead atoms. The molecule has 0 aliphatic carbocycles. The standard InChI is InChI=1S/C75H67BN2/c1-42-28-44(3)68(45(4)29-42)51-24-26-65-59(35-51)61-36-55(69-46(5)30-43(2)31-47(69)6)37-64-73(61)77(65)67-41-58(54-33-52(49-20-16-14-17-21-49)32-53(34-54)50-22-18-15-19-23-50)48(7)70-63-40-57(75(11,12)13)39-62-60-38-56(74(8,9)10)25-27-66(60)78(72(62)63)76(64)71(67)70/h14-41H,1-13H3. The third-order valence-corrected chi connectivity index (χ3v) is 17.9. The first kappa shape index (κ1) is 48.3. The molecule has 4 heterocycles. The molecule has 0 radical (unpaired) electrons. The highest BCUT2D eigenvalue weighted by Crippen LogP contribution is 2.50. The van der Waals surface area contributed by atoms with Crippen LogP contribution in [0, 0.1) is 48.5 Å². The zero-order valence-electron chi connectivity index (χ0n) is 47.6. The van der Waals surface area contributed by atoms with Gasteiger partial charge in [0.05, 0.1) is 11.0 Å². The van der Waals surface area contributed by atoms with Crippen molar-refractivity contribution in [2.45, 2.75) is 101 Å². The van der Waals surface area contributed by atoms with E-state index in [-0.39, 0.29) is 17.7 Å². The summed E-state index contributed by atoms with van der Waals surface area (Å²) in [6.45, 7) is 30.1. The Bertz CT molecular complexity index is 4460. The summed E-state index contributed by atoms with van der Waals surface area (Å²) in [5, 5.41) is 5.25. The fourth-order valence-electron chi connectivity index (χ4n) is 14.4. The maximum absolute atomic E-state index is 2.78. The lowest BCUT2D eigenvalue weighted by Crippen LogP contribution is -2.55. The van der Waals surface area contributed by atoms with E-state index in [9.17, 15) is 0 Å². The highest BCUT2D eigenvalue weighted by Gasteiger charge is 2.44. The number of fused-ring (bicyclic) bond motifs is 10. The smallest absolute Gasteiger partial charge is 0.333 e. The van der Waals surface area contributed by atoms with Crippen molar-refractivity contribution in [2.75, 3.05) is 0 Å². The van der Waals surface area contributed by atoms with E-state index >= 15 is 0 Å². The van der Waals surface area contributed by atoms with Gasteiger partial charge in [-0.3, -0.25) is 0 Å². The van der Waals surface area contributed by atoms with Gasteiger partial charge in [-0.05, 0) is 237 Å². The molecule has 2 aliphatic heterocycles. The summed E-state index contributed by atoms with van der Waals surface area (Å²) in [6.07, 6.45) is 0. The highest BCUT2D eigenvalue weighted by molar-refractivity contribution is 6.90. The Balaban J connectivity index is 1.19. The summed E-state index contributed by atoms with van der Waals surface area (Å²) in [5.74, 6) is 0. The third-order valence-electron chi connectivity index (χ3n) is 17.9. The number of hydrogen-bond donors (Lipinski definition) is 0. The van der Waals surface area contributed by atoms with E-state index < -0.39 is 0 Å². The van der Waals surface area contributed by atoms with Crippen molar-refractivity contribution in [3.05, 3.63) is 220 Å². The van der Waals surface area contributed by atoms with Crippen molar-refractivity contribution in [2.24, 2.45) is 0 Å². The number of rotatable bonds is 5. The molecule has 380 valence electrons. The number of aromatic nitrogens is 2. The van der Waals surface area contributed by atoms with Crippen molar-refractivity contribution < 1.29 is 0 Å². The summed E-state index contributed by atoms with van der Waals surface area (Å²) in [7, 11) is 0. The fourth-order valence-corrected chi connectivity index (χ4v) is 14.4. The number of benzene rings is 10. The number of hydrogen-bond acceptors (Lipinski definition) is 0. The van der Waals surface area contributed by atoms with Gasteiger partial charge in [-0.1, -0.05) is 156 Å². The average Bonchev–Trinajstić information content (AvgIpc) is 2.46. The van der Waals surface area contributed by atoms with E-state index in [0.717, 1.165) is 0 Å². The Kier molecular flexibility index (Phi) is 10.5. The Labute approximate surface area is 461 Å². The molecule has 0 saturated heterocycles. The Morgan fingerprint density at radius 1 is 0.359 bits per heavy atom. The molecule has 78 heavy (non-hydrogen) atoms. The first-order valence-corrected chi connectivity index (χ1v) is 28.2. The van der Waals surface area contributed by atoms with Gasteiger partial charge in [-0.15, -0.1) is 0 Å². The predicted molar refractivity (Wildman–Crippen MR) is 337 cm³/mol. The van der Waals surface area contributed by atoms with Gasteiger partial charge in [0.25, 0.3) is 0 Å². The zero-order valence-corrected chi connectivity index (χ0v) is 47.6. The molecule has 0 atom stereocenters. The van der Waals surface area contributed by atoms with E-state index in [2.05, 4.69) is 269 Å². The van der Waals surface area contributed by atoms with E-state index in [1.54, 1.807) is 0 Å². The Hall–Kier alpha value is -8.14. The second-order valence-corrected chi connectivity index (χ2v) is 25.4. The highest BCUT2D eigenvalue weighted by atomic mass is 15.0. The third kappa shape index (κ3) is 7.16. The predicted octanol–water partition coefficient (Wildman–Crippen LogP) is 18.9. The summed E-state index contributed by atoms with van der Waals surface area (Å²) < 4.78 is 5.47. The van der Waals surface area contributed by atoms with Crippen LogP contribution in [0.5, 0.6) is 0 Å². The molecule has 0 N–H and O–H groups in total. The van der Waals surface area contributed by atoms with Crippen molar-refractivity contribution in [1.29, 1.82) is 0 Å². The first-order valence-electron chi connectivity index (χ1n) is 28.2. The van der Waals surface area contributed by atoms with Crippen LogP contribution in [0.4, 0.5) is 0 Å². The van der Waals surface area contributed by atoms with Crippen LogP contribution in [0.3, 0.4) is 0 Å².